The fourth-order valence-electron chi connectivity index (χ4n) is 5.13. The zero-order valence-electron chi connectivity index (χ0n) is 14.2. The van der Waals surface area contributed by atoms with Gasteiger partial charge in [0.15, 0.2) is 0 Å². The van der Waals surface area contributed by atoms with Gasteiger partial charge in [-0.25, -0.2) is 9.37 Å². The molecule has 5 heteroatoms. The van der Waals surface area contributed by atoms with E-state index in [1.54, 1.807) is 17.2 Å². The van der Waals surface area contributed by atoms with E-state index in [0.717, 1.165) is 37.2 Å². The van der Waals surface area contributed by atoms with Crippen molar-refractivity contribution in [3.63, 3.8) is 0 Å². The van der Waals surface area contributed by atoms with Crippen LogP contribution in [0.3, 0.4) is 0 Å². The van der Waals surface area contributed by atoms with Crippen LogP contribution in [0.2, 0.25) is 0 Å². The number of aromatic nitrogens is 2. The molecule has 0 N–H and O–H groups in total. The summed E-state index contributed by atoms with van der Waals surface area (Å²) in [5, 5.41) is 0. The monoisotopic (exact) mass is 339 g/mol. The van der Waals surface area contributed by atoms with Gasteiger partial charge >= 0.3 is 0 Å². The third kappa shape index (κ3) is 2.17. The number of para-hydroxylation sites is 1. The highest BCUT2D eigenvalue weighted by molar-refractivity contribution is 5.98. The number of nitrogens with zero attached hydrogens (tertiary/aromatic N) is 3. The number of carbonyl (C=O) groups is 1. The Balaban J connectivity index is 1.50. The van der Waals surface area contributed by atoms with Crippen molar-refractivity contribution in [3.05, 3.63) is 47.8 Å². The molecule has 130 valence electrons. The van der Waals surface area contributed by atoms with Crippen molar-refractivity contribution in [1.29, 1.82) is 0 Å². The summed E-state index contributed by atoms with van der Waals surface area (Å²) >= 11 is 0. The summed E-state index contributed by atoms with van der Waals surface area (Å²) < 4.78 is 16.8. The Kier molecular flexibility index (Phi) is 3.27. The van der Waals surface area contributed by atoms with Gasteiger partial charge in [0.25, 0.3) is 0 Å². The van der Waals surface area contributed by atoms with Crippen molar-refractivity contribution in [3.8, 4) is 0 Å². The Morgan fingerprint density at radius 3 is 2.96 bits per heavy atom. The van der Waals surface area contributed by atoms with Crippen LogP contribution < -0.4 is 4.90 Å². The molecule has 0 saturated heterocycles. The molecular weight excluding hydrogens is 317 g/mol. The van der Waals surface area contributed by atoms with Gasteiger partial charge in [-0.05, 0) is 30.9 Å². The third-order valence-corrected chi connectivity index (χ3v) is 6.41. The van der Waals surface area contributed by atoms with Gasteiger partial charge in [-0.3, -0.25) is 4.79 Å². The molecule has 1 aromatic heterocycles. The van der Waals surface area contributed by atoms with Crippen LogP contribution in [0, 0.1) is 11.7 Å². The van der Waals surface area contributed by atoms with Crippen molar-refractivity contribution in [2.45, 2.75) is 50.5 Å². The first-order chi connectivity index (χ1) is 12.2. The van der Waals surface area contributed by atoms with E-state index in [4.69, 9.17) is 0 Å². The predicted octanol–water partition coefficient (Wildman–Crippen LogP) is 3.44. The van der Waals surface area contributed by atoms with Gasteiger partial charge in [0.2, 0.25) is 5.91 Å². The second-order valence-corrected chi connectivity index (χ2v) is 7.77. The molecular formula is C20H22FN3O. The predicted molar refractivity (Wildman–Crippen MR) is 92.9 cm³/mol. The Labute approximate surface area is 146 Å². The van der Waals surface area contributed by atoms with E-state index in [1.807, 2.05) is 12.3 Å². The molecule has 1 fully saturated rings. The molecule has 0 unspecified atom stereocenters. The molecule has 2 aromatic rings. The zero-order chi connectivity index (χ0) is 17.0. The van der Waals surface area contributed by atoms with Crippen molar-refractivity contribution in [1.82, 2.24) is 9.55 Å². The average Bonchev–Trinajstić information content (AvgIpc) is 3.35. The van der Waals surface area contributed by atoms with Crippen molar-refractivity contribution < 1.29 is 9.18 Å². The summed E-state index contributed by atoms with van der Waals surface area (Å²) in [4.78, 5) is 19.4. The fourth-order valence-corrected chi connectivity index (χ4v) is 5.13. The largest absolute Gasteiger partial charge is 0.335 e. The number of hydrogen-bond donors (Lipinski definition) is 0. The molecule has 0 bridgehead atoms. The first-order valence-corrected chi connectivity index (χ1v) is 9.28. The molecule has 1 aromatic carbocycles. The third-order valence-electron chi connectivity index (χ3n) is 6.41. The number of carbonyl (C=O) groups excluding carboxylic acids is 1. The number of fused-ring (bicyclic) bond motifs is 3. The molecule has 25 heavy (non-hydrogen) atoms. The molecule has 1 spiro atoms. The van der Waals surface area contributed by atoms with E-state index in [9.17, 15) is 9.18 Å². The Hall–Kier alpha value is -2.17. The van der Waals surface area contributed by atoms with E-state index in [2.05, 4.69) is 9.55 Å². The number of anilines is 1. The lowest BCUT2D eigenvalue weighted by Gasteiger charge is -2.29. The van der Waals surface area contributed by atoms with Crippen LogP contribution in [0.5, 0.6) is 0 Å². The number of rotatable bonds is 1. The van der Waals surface area contributed by atoms with Gasteiger partial charge in [-0.2, -0.15) is 0 Å². The molecule has 1 amide bonds. The molecule has 2 aliphatic heterocycles. The lowest BCUT2D eigenvalue weighted by Crippen LogP contribution is -2.41. The van der Waals surface area contributed by atoms with Gasteiger partial charge in [-0.15, -0.1) is 0 Å². The van der Waals surface area contributed by atoms with Crippen LogP contribution in [0.1, 0.15) is 43.5 Å². The van der Waals surface area contributed by atoms with E-state index in [-0.39, 0.29) is 23.1 Å². The SMILES string of the molecule is O=C([C@H]1CCn2ccnc2C1)N1CC2(CCCC2)c2cccc(F)c21. The van der Waals surface area contributed by atoms with E-state index in [0.29, 0.717) is 18.7 Å². The van der Waals surface area contributed by atoms with Gasteiger partial charge < -0.3 is 9.47 Å². The van der Waals surface area contributed by atoms with Crippen molar-refractivity contribution >= 4 is 11.6 Å². The van der Waals surface area contributed by atoms with Gasteiger partial charge in [0.05, 0.1) is 5.69 Å². The molecule has 1 saturated carbocycles. The van der Waals surface area contributed by atoms with E-state index >= 15 is 0 Å². The van der Waals surface area contributed by atoms with E-state index < -0.39 is 0 Å². The molecule has 1 aliphatic carbocycles. The standard InChI is InChI=1S/C20H22FN3O/c21-16-5-3-4-15-18(16)24(13-20(15)7-1-2-8-20)19(25)14-6-10-23-11-9-22-17(23)12-14/h3-5,9,11,14H,1-2,6-8,10,12-13H2/t14-/m0/s1. The molecule has 3 heterocycles. The van der Waals surface area contributed by atoms with Gasteiger partial charge in [-0.1, -0.05) is 25.0 Å². The number of hydrogen-bond acceptors (Lipinski definition) is 2. The highest BCUT2D eigenvalue weighted by Crippen LogP contribution is 2.51. The lowest BCUT2D eigenvalue weighted by molar-refractivity contribution is -0.123. The topological polar surface area (TPSA) is 38.1 Å². The van der Waals surface area contributed by atoms with Crippen molar-refractivity contribution in [2.75, 3.05) is 11.4 Å². The molecule has 4 nitrogen and oxygen atoms in total. The first-order valence-electron chi connectivity index (χ1n) is 9.28. The van der Waals surface area contributed by atoms with Crippen LogP contribution in [0.25, 0.3) is 0 Å². The maximum atomic E-state index is 14.7. The first kappa shape index (κ1) is 15.1. The molecule has 0 radical (unpaired) electrons. The highest BCUT2D eigenvalue weighted by atomic mass is 19.1. The minimum Gasteiger partial charge on any atom is -0.335 e. The smallest absolute Gasteiger partial charge is 0.230 e. The summed E-state index contributed by atoms with van der Waals surface area (Å²) in [6.45, 7) is 1.46. The maximum absolute atomic E-state index is 14.7. The molecule has 1 atom stereocenters. The minimum absolute atomic E-state index is 0.0276. The number of benzene rings is 1. The number of halogens is 1. The number of amides is 1. The van der Waals surface area contributed by atoms with Gasteiger partial charge in [0, 0.05) is 43.2 Å². The molecule has 3 aliphatic rings. The summed E-state index contributed by atoms with van der Waals surface area (Å²) in [7, 11) is 0. The van der Waals surface area contributed by atoms with Crippen LogP contribution in [-0.4, -0.2) is 22.0 Å². The maximum Gasteiger partial charge on any atom is 0.230 e. The summed E-state index contributed by atoms with van der Waals surface area (Å²) in [6.07, 6.45) is 9.66. The summed E-state index contributed by atoms with van der Waals surface area (Å²) in [5.41, 5.74) is 1.57. The second-order valence-electron chi connectivity index (χ2n) is 7.77. The Morgan fingerprint density at radius 1 is 1.28 bits per heavy atom. The fraction of sp³-hybridized carbons (Fsp3) is 0.500. The Morgan fingerprint density at radius 2 is 2.12 bits per heavy atom. The Bertz CT molecular complexity index is 837. The van der Waals surface area contributed by atoms with Crippen LogP contribution >= 0.6 is 0 Å². The summed E-state index contributed by atoms with van der Waals surface area (Å²) in [6, 6.07) is 5.31. The second kappa shape index (κ2) is 5.41. The zero-order valence-corrected chi connectivity index (χ0v) is 14.2. The highest BCUT2D eigenvalue weighted by Gasteiger charge is 2.48. The summed E-state index contributed by atoms with van der Waals surface area (Å²) in [5.74, 6) is 0.684. The van der Waals surface area contributed by atoms with E-state index in [1.165, 1.54) is 18.9 Å². The van der Waals surface area contributed by atoms with Gasteiger partial charge in [0.1, 0.15) is 11.6 Å². The quantitative estimate of drug-likeness (QED) is 0.798. The number of aryl methyl sites for hydroxylation is 1. The van der Waals surface area contributed by atoms with Crippen LogP contribution in [0.4, 0.5) is 10.1 Å². The van der Waals surface area contributed by atoms with Crippen LogP contribution in [-0.2, 0) is 23.2 Å². The minimum atomic E-state index is -0.257. The van der Waals surface area contributed by atoms with Crippen molar-refractivity contribution in [2.24, 2.45) is 5.92 Å². The number of imidazole rings is 1. The normalized spacial score (nSPS) is 23.7. The average molecular weight is 339 g/mol. The molecule has 5 rings (SSSR count). The lowest BCUT2D eigenvalue weighted by atomic mass is 9.81. The van der Waals surface area contributed by atoms with Crippen LogP contribution in [0.15, 0.2) is 30.6 Å².